The Kier molecular flexibility index (Phi) is 2.70. The summed E-state index contributed by atoms with van der Waals surface area (Å²) in [4.78, 5) is 3.99. The van der Waals surface area contributed by atoms with Crippen molar-refractivity contribution >= 4 is 0 Å². The maximum atomic E-state index is 13.1. The highest BCUT2D eigenvalue weighted by molar-refractivity contribution is 5.59. The molecule has 0 aliphatic rings. The van der Waals surface area contributed by atoms with Gasteiger partial charge in [-0.1, -0.05) is 11.2 Å². The summed E-state index contributed by atoms with van der Waals surface area (Å²) < 4.78 is 17.9. The number of hydrogen-bond acceptors (Lipinski definition) is 4. The number of aliphatic hydroxyl groups excluding tert-OH is 1. The van der Waals surface area contributed by atoms with Gasteiger partial charge < -0.3 is 9.63 Å². The minimum Gasteiger partial charge on any atom is -0.384 e. The fraction of sp³-hybridized carbons (Fsp3) is 0.273. The average Bonchev–Trinajstić information content (AvgIpc) is 2.70. The van der Waals surface area contributed by atoms with Gasteiger partial charge in [-0.2, -0.15) is 4.98 Å². The third-order valence-electron chi connectivity index (χ3n) is 2.24. The van der Waals surface area contributed by atoms with Crippen molar-refractivity contribution in [2.75, 3.05) is 0 Å². The Bertz CT molecular complexity index is 508. The molecule has 16 heavy (non-hydrogen) atoms. The Morgan fingerprint density at radius 2 is 2.19 bits per heavy atom. The SMILES string of the molecule is Cc1ccc(F)cc1-c1noc([C@H](C)O)n1. The lowest BCUT2D eigenvalue weighted by Gasteiger charge is -1.99. The Labute approximate surface area is 91.7 Å². The van der Waals surface area contributed by atoms with Gasteiger partial charge in [-0.15, -0.1) is 0 Å². The molecule has 2 aromatic rings. The van der Waals surface area contributed by atoms with Crippen molar-refractivity contribution in [2.24, 2.45) is 0 Å². The van der Waals surface area contributed by atoms with Crippen LogP contribution >= 0.6 is 0 Å². The molecule has 0 spiro atoms. The van der Waals surface area contributed by atoms with E-state index in [1.54, 1.807) is 6.07 Å². The molecular formula is C11H11FN2O2. The van der Waals surface area contributed by atoms with Crippen LogP contribution in [0.15, 0.2) is 22.7 Å². The van der Waals surface area contributed by atoms with Gasteiger partial charge in [0, 0.05) is 5.56 Å². The van der Waals surface area contributed by atoms with Gasteiger partial charge in [-0.3, -0.25) is 0 Å². The summed E-state index contributed by atoms with van der Waals surface area (Å²) in [5.74, 6) is 0.0514. The standard InChI is InChI=1S/C11H11FN2O2/c1-6-3-4-8(12)5-9(6)10-13-11(7(2)15)16-14-10/h3-5,7,15H,1-2H3/t7-/m0/s1. The Hall–Kier alpha value is -1.75. The van der Waals surface area contributed by atoms with Crippen LogP contribution in [0.1, 0.15) is 24.5 Å². The molecule has 4 nitrogen and oxygen atoms in total. The molecule has 1 N–H and O–H groups in total. The summed E-state index contributed by atoms with van der Waals surface area (Å²) in [5.41, 5.74) is 1.41. The first kappa shape index (κ1) is 10.8. The summed E-state index contributed by atoms with van der Waals surface area (Å²) in [6, 6.07) is 4.35. The monoisotopic (exact) mass is 222 g/mol. The van der Waals surface area contributed by atoms with Gasteiger partial charge >= 0.3 is 0 Å². The number of hydrogen-bond donors (Lipinski definition) is 1. The van der Waals surface area contributed by atoms with Crippen molar-refractivity contribution in [1.29, 1.82) is 0 Å². The van der Waals surface area contributed by atoms with Crippen molar-refractivity contribution in [1.82, 2.24) is 10.1 Å². The van der Waals surface area contributed by atoms with Crippen molar-refractivity contribution in [3.05, 3.63) is 35.5 Å². The molecule has 0 bridgehead atoms. The molecule has 1 heterocycles. The van der Waals surface area contributed by atoms with Gasteiger partial charge in [-0.05, 0) is 31.5 Å². The minimum absolute atomic E-state index is 0.124. The highest BCUT2D eigenvalue weighted by atomic mass is 19.1. The van der Waals surface area contributed by atoms with E-state index in [1.807, 2.05) is 6.92 Å². The molecular weight excluding hydrogens is 211 g/mol. The second kappa shape index (κ2) is 4.02. The van der Waals surface area contributed by atoms with Crippen LogP contribution in [-0.4, -0.2) is 15.2 Å². The first-order valence-corrected chi connectivity index (χ1v) is 4.86. The smallest absolute Gasteiger partial charge is 0.255 e. The van der Waals surface area contributed by atoms with Crippen LogP contribution in [0.4, 0.5) is 4.39 Å². The van der Waals surface area contributed by atoms with E-state index in [-0.39, 0.29) is 17.5 Å². The molecule has 0 amide bonds. The van der Waals surface area contributed by atoms with Crippen LogP contribution in [0.3, 0.4) is 0 Å². The molecule has 84 valence electrons. The van der Waals surface area contributed by atoms with Crippen molar-refractivity contribution < 1.29 is 14.0 Å². The fourth-order valence-corrected chi connectivity index (χ4v) is 1.35. The summed E-state index contributed by atoms with van der Waals surface area (Å²) in [7, 11) is 0. The summed E-state index contributed by atoms with van der Waals surface area (Å²) in [5, 5.41) is 12.9. The van der Waals surface area contributed by atoms with Crippen molar-refractivity contribution in [3.8, 4) is 11.4 Å². The number of aryl methyl sites for hydroxylation is 1. The largest absolute Gasteiger partial charge is 0.384 e. The highest BCUT2D eigenvalue weighted by Gasteiger charge is 2.14. The molecule has 2 rings (SSSR count). The van der Waals surface area contributed by atoms with E-state index >= 15 is 0 Å². The average molecular weight is 222 g/mol. The van der Waals surface area contributed by atoms with Gasteiger partial charge in [0.1, 0.15) is 11.9 Å². The van der Waals surface area contributed by atoms with Crippen LogP contribution in [0.25, 0.3) is 11.4 Å². The van der Waals surface area contributed by atoms with E-state index in [0.29, 0.717) is 5.56 Å². The summed E-state index contributed by atoms with van der Waals surface area (Å²) in [6.45, 7) is 3.35. The number of halogens is 1. The molecule has 0 aliphatic heterocycles. The lowest BCUT2D eigenvalue weighted by Crippen LogP contribution is -1.91. The molecule has 0 saturated carbocycles. The molecule has 0 unspecified atom stereocenters. The molecule has 1 aromatic carbocycles. The molecule has 0 radical (unpaired) electrons. The Morgan fingerprint density at radius 1 is 1.44 bits per heavy atom. The molecule has 5 heteroatoms. The van der Waals surface area contributed by atoms with Crippen molar-refractivity contribution in [2.45, 2.75) is 20.0 Å². The van der Waals surface area contributed by atoms with Crippen LogP contribution in [-0.2, 0) is 0 Å². The summed E-state index contributed by atoms with van der Waals surface area (Å²) >= 11 is 0. The van der Waals surface area contributed by atoms with E-state index in [2.05, 4.69) is 10.1 Å². The van der Waals surface area contributed by atoms with E-state index in [9.17, 15) is 9.50 Å². The lowest BCUT2D eigenvalue weighted by atomic mass is 10.1. The minimum atomic E-state index is -0.824. The first-order valence-electron chi connectivity index (χ1n) is 4.86. The summed E-state index contributed by atoms with van der Waals surface area (Å²) in [6.07, 6.45) is -0.824. The quantitative estimate of drug-likeness (QED) is 0.846. The Balaban J connectivity index is 2.46. The molecule has 0 fully saturated rings. The predicted molar refractivity (Wildman–Crippen MR) is 55.1 cm³/mol. The topological polar surface area (TPSA) is 59.2 Å². The Morgan fingerprint density at radius 3 is 2.81 bits per heavy atom. The lowest BCUT2D eigenvalue weighted by molar-refractivity contribution is 0.152. The molecule has 0 aliphatic carbocycles. The van der Waals surface area contributed by atoms with Gasteiger partial charge in [0.2, 0.25) is 5.82 Å². The third-order valence-corrected chi connectivity index (χ3v) is 2.24. The van der Waals surface area contributed by atoms with E-state index < -0.39 is 6.10 Å². The number of rotatable bonds is 2. The predicted octanol–water partition coefficient (Wildman–Crippen LogP) is 2.24. The zero-order valence-electron chi connectivity index (χ0n) is 8.94. The second-order valence-electron chi connectivity index (χ2n) is 3.59. The van der Waals surface area contributed by atoms with Crippen LogP contribution in [0, 0.1) is 12.7 Å². The van der Waals surface area contributed by atoms with Gasteiger partial charge in [0.25, 0.3) is 5.89 Å². The highest BCUT2D eigenvalue weighted by Crippen LogP contribution is 2.22. The zero-order valence-corrected chi connectivity index (χ0v) is 8.94. The zero-order chi connectivity index (χ0) is 11.7. The third kappa shape index (κ3) is 1.94. The number of benzene rings is 1. The van der Waals surface area contributed by atoms with Gasteiger partial charge in [-0.25, -0.2) is 4.39 Å². The van der Waals surface area contributed by atoms with Gasteiger partial charge in [0.15, 0.2) is 0 Å². The maximum Gasteiger partial charge on any atom is 0.255 e. The van der Waals surface area contributed by atoms with Crippen LogP contribution in [0.2, 0.25) is 0 Å². The van der Waals surface area contributed by atoms with Gasteiger partial charge in [0.05, 0.1) is 0 Å². The van der Waals surface area contributed by atoms with E-state index in [0.717, 1.165) is 5.56 Å². The number of aromatic nitrogens is 2. The second-order valence-corrected chi connectivity index (χ2v) is 3.59. The fourth-order valence-electron chi connectivity index (χ4n) is 1.35. The normalized spacial score (nSPS) is 12.8. The van der Waals surface area contributed by atoms with E-state index in [1.165, 1.54) is 19.1 Å². The van der Waals surface area contributed by atoms with E-state index in [4.69, 9.17) is 4.52 Å². The van der Waals surface area contributed by atoms with Crippen LogP contribution < -0.4 is 0 Å². The maximum absolute atomic E-state index is 13.1. The molecule has 0 saturated heterocycles. The number of nitrogens with zero attached hydrogens (tertiary/aromatic N) is 2. The van der Waals surface area contributed by atoms with Crippen molar-refractivity contribution in [3.63, 3.8) is 0 Å². The van der Waals surface area contributed by atoms with Crippen LogP contribution in [0.5, 0.6) is 0 Å². The first-order chi connectivity index (χ1) is 7.58. The molecule has 1 aromatic heterocycles. The molecule has 1 atom stereocenters. The number of aliphatic hydroxyl groups is 1.